The summed E-state index contributed by atoms with van der Waals surface area (Å²) >= 11 is 0. The lowest BCUT2D eigenvalue weighted by molar-refractivity contribution is -0.120. The molecule has 1 saturated heterocycles. The van der Waals surface area contributed by atoms with Gasteiger partial charge in [-0.15, -0.1) is 0 Å². The van der Waals surface area contributed by atoms with Crippen molar-refractivity contribution in [1.82, 2.24) is 4.90 Å². The topological polar surface area (TPSA) is 43.8 Å². The molecule has 0 radical (unpaired) electrons. The molecule has 0 aromatic heterocycles. The van der Waals surface area contributed by atoms with Crippen LogP contribution >= 0.6 is 0 Å². The predicted molar refractivity (Wildman–Crippen MR) is 80.8 cm³/mol. The summed E-state index contributed by atoms with van der Waals surface area (Å²) in [5.74, 6) is 0.0801. The number of nitrogens with zero attached hydrogens (tertiary/aromatic N) is 2. The SMILES string of the molecule is CN(C(=O)CN1CCCCCC1CO)c1ccccc1. The van der Waals surface area contributed by atoms with Crippen molar-refractivity contribution >= 4 is 11.6 Å². The molecule has 0 aliphatic carbocycles. The highest BCUT2D eigenvalue weighted by atomic mass is 16.3. The molecule has 1 amide bonds. The number of benzene rings is 1. The van der Waals surface area contributed by atoms with E-state index in [4.69, 9.17) is 0 Å². The zero-order chi connectivity index (χ0) is 14.4. The molecule has 110 valence electrons. The van der Waals surface area contributed by atoms with Crippen LogP contribution in [0.25, 0.3) is 0 Å². The van der Waals surface area contributed by atoms with Gasteiger partial charge in [-0.1, -0.05) is 31.0 Å². The zero-order valence-corrected chi connectivity index (χ0v) is 12.2. The Bertz CT molecular complexity index is 422. The summed E-state index contributed by atoms with van der Waals surface area (Å²) in [6.45, 7) is 1.43. The fourth-order valence-corrected chi connectivity index (χ4v) is 2.73. The maximum absolute atomic E-state index is 12.4. The van der Waals surface area contributed by atoms with Crippen molar-refractivity contribution in [2.45, 2.75) is 31.7 Å². The molecule has 1 aliphatic heterocycles. The summed E-state index contributed by atoms with van der Waals surface area (Å²) in [7, 11) is 1.81. The van der Waals surface area contributed by atoms with Crippen molar-refractivity contribution in [2.75, 3.05) is 31.6 Å². The van der Waals surface area contributed by atoms with E-state index in [1.807, 2.05) is 37.4 Å². The van der Waals surface area contributed by atoms with Crippen LogP contribution < -0.4 is 4.90 Å². The normalized spacial score (nSPS) is 20.4. The highest BCUT2D eigenvalue weighted by Crippen LogP contribution is 2.17. The lowest BCUT2D eigenvalue weighted by Crippen LogP contribution is -2.44. The first-order chi connectivity index (χ1) is 9.72. The van der Waals surface area contributed by atoms with Crippen LogP contribution in [-0.4, -0.2) is 48.7 Å². The fraction of sp³-hybridized carbons (Fsp3) is 0.562. The van der Waals surface area contributed by atoms with Crippen LogP contribution in [0, 0.1) is 0 Å². The van der Waals surface area contributed by atoms with Crippen LogP contribution in [0.3, 0.4) is 0 Å². The summed E-state index contributed by atoms with van der Waals surface area (Å²) in [4.78, 5) is 16.2. The highest BCUT2D eigenvalue weighted by molar-refractivity contribution is 5.94. The van der Waals surface area contributed by atoms with E-state index < -0.39 is 0 Å². The molecule has 20 heavy (non-hydrogen) atoms. The van der Waals surface area contributed by atoms with Gasteiger partial charge in [0.15, 0.2) is 0 Å². The molecule has 1 fully saturated rings. The fourth-order valence-electron chi connectivity index (χ4n) is 2.73. The van der Waals surface area contributed by atoms with Gasteiger partial charge in [0.05, 0.1) is 13.2 Å². The third-order valence-corrected chi connectivity index (χ3v) is 4.07. The van der Waals surface area contributed by atoms with Crippen molar-refractivity contribution in [3.05, 3.63) is 30.3 Å². The van der Waals surface area contributed by atoms with Gasteiger partial charge >= 0.3 is 0 Å². The van der Waals surface area contributed by atoms with Gasteiger partial charge < -0.3 is 10.0 Å². The van der Waals surface area contributed by atoms with Crippen molar-refractivity contribution in [3.8, 4) is 0 Å². The van der Waals surface area contributed by atoms with E-state index in [1.165, 1.54) is 6.42 Å². The van der Waals surface area contributed by atoms with Gasteiger partial charge in [-0.3, -0.25) is 9.69 Å². The van der Waals surface area contributed by atoms with E-state index >= 15 is 0 Å². The van der Waals surface area contributed by atoms with E-state index in [2.05, 4.69) is 4.90 Å². The number of aliphatic hydroxyl groups is 1. The van der Waals surface area contributed by atoms with Crippen LogP contribution in [0.15, 0.2) is 30.3 Å². The minimum absolute atomic E-state index is 0.0801. The summed E-state index contributed by atoms with van der Waals surface area (Å²) in [6.07, 6.45) is 4.43. The first-order valence-electron chi connectivity index (χ1n) is 7.39. The van der Waals surface area contributed by atoms with Crippen LogP contribution in [0.2, 0.25) is 0 Å². The average molecular weight is 276 g/mol. The second-order valence-electron chi connectivity index (χ2n) is 5.44. The number of aliphatic hydroxyl groups excluding tert-OH is 1. The molecule has 1 N–H and O–H groups in total. The summed E-state index contributed by atoms with van der Waals surface area (Å²) in [6, 6.07) is 9.81. The number of anilines is 1. The van der Waals surface area contributed by atoms with E-state index in [0.29, 0.717) is 6.54 Å². The minimum Gasteiger partial charge on any atom is -0.395 e. The number of carbonyl (C=O) groups is 1. The Balaban J connectivity index is 1.98. The summed E-state index contributed by atoms with van der Waals surface area (Å²) < 4.78 is 0. The van der Waals surface area contributed by atoms with Crippen LogP contribution in [0.1, 0.15) is 25.7 Å². The quantitative estimate of drug-likeness (QED) is 0.913. The average Bonchev–Trinajstić information content (AvgIpc) is 2.72. The van der Waals surface area contributed by atoms with Gasteiger partial charge in [0.2, 0.25) is 5.91 Å². The molecule has 0 saturated carbocycles. The van der Waals surface area contributed by atoms with Crippen LogP contribution in [0.5, 0.6) is 0 Å². The third kappa shape index (κ3) is 3.81. The first-order valence-corrected chi connectivity index (χ1v) is 7.39. The smallest absolute Gasteiger partial charge is 0.240 e. The van der Waals surface area contributed by atoms with E-state index in [1.54, 1.807) is 4.90 Å². The lowest BCUT2D eigenvalue weighted by Gasteiger charge is -2.29. The van der Waals surface area contributed by atoms with Gasteiger partial charge in [0, 0.05) is 18.8 Å². The Hall–Kier alpha value is -1.39. The van der Waals surface area contributed by atoms with Gasteiger partial charge in [-0.05, 0) is 31.5 Å². The van der Waals surface area contributed by atoms with E-state index in [-0.39, 0.29) is 18.6 Å². The summed E-state index contributed by atoms with van der Waals surface area (Å²) in [5, 5.41) is 9.49. The monoisotopic (exact) mass is 276 g/mol. The highest BCUT2D eigenvalue weighted by Gasteiger charge is 2.23. The largest absolute Gasteiger partial charge is 0.395 e. The van der Waals surface area contributed by atoms with Crippen LogP contribution in [-0.2, 0) is 4.79 Å². The number of likely N-dealkylation sites (N-methyl/N-ethyl adjacent to an activating group) is 1. The first kappa shape index (κ1) is 15.0. The third-order valence-electron chi connectivity index (χ3n) is 4.07. The van der Waals surface area contributed by atoms with Crippen molar-refractivity contribution in [2.24, 2.45) is 0 Å². The Kier molecular flexibility index (Phi) is 5.56. The number of hydrogen-bond acceptors (Lipinski definition) is 3. The molecular formula is C16H24N2O2. The van der Waals surface area contributed by atoms with Crippen LogP contribution in [0.4, 0.5) is 5.69 Å². The number of carbonyl (C=O) groups excluding carboxylic acids is 1. The van der Waals surface area contributed by atoms with Gasteiger partial charge in [-0.25, -0.2) is 0 Å². The molecule has 2 rings (SSSR count). The number of likely N-dealkylation sites (tertiary alicyclic amines) is 1. The Labute approximate surface area is 121 Å². The van der Waals surface area contributed by atoms with Crippen molar-refractivity contribution in [3.63, 3.8) is 0 Å². The number of rotatable bonds is 4. The Morgan fingerprint density at radius 2 is 2.05 bits per heavy atom. The predicted octanol–water partition coefficient (Wildman–Crippen LogP) is 1.89. The standard InChI is InChI=1S/C16H24N2O2/c1-17(14-8-4-2-5-9-14)16(20)12-18-11-7-3-6-10-15(18)13-19/h2,4-5,8-9,15,19H,3,6-7,10-13H2,1H3. The van der Waals surface area contributed by atoms with Crippen molar-refractivity contribution in [1.29, 1.82) is 0 Å². The Morgan fingerprint density at radius 1 is 1.30 bits per heavy atom. The maximum Gasteiger partial charge on any atom is 0.240 e. The molecule has 0 bridgehead atoms. The van der Waals surface area contributed by atoms with Gasteiger partial charge in [0.1, 0.15) is 0 Å². The van der Waals surface area contributed by atoms with E-state index in [0.717, 1.165) is 31.5 Å². The van der Waals surface area contributed by atoms with E-state index in [9.17, 15) is 9.90 Å². The molecule has 1 heterocycles. The number of amides is 1. The molecule has 0 spiro atoms. The molecule has 1 aromatic rings. The summed E-state index contributed by atoms with van der Waals surface area (Å²) in [5.41, 5.74) is 0.910. The molecular weight excluding hydrogens is 252 g/mol. The second-order valence-corrected chi connectivity index (χ2v) is 5.44. The molecule has 1 unspecified atom stereocenters. The molecule has 1 aromatic carbocycles. The van der Waals surface area contributed by atoms with Gasteiger partial charge in [-0.2, -0.15) is 0 Å². The lowest BCUT2D eigenvalue weighted by atomic mass is 10.1. The zero-order valence-electron chi connectivity index (χ0n) is 12.2. The number of hydrogen-bond donors (Lipinski definition) is 1. The maximum atomic E-state index is 12.4. The Morgan fingerprint density at radius 3 is 2.75 bits per heavy atom. The molecule has 1 atom stereocenters. The van der Waals surface area contributed by atoms with Crippen molar-refractivity contribution < 1.29 is 9.90 Å². The molecule has 4 nitrogen and oxygen atoms in total. The minimum atomic E-state index is 0.0801. The molecule has 1 aliphatic rings. The molecule has 4 heteroatoms. The van der Waals surface area contributed by atoms with Gasteiger partial charge in [0.25, 0.3) is 0 Å². The second kappa shape index (κ2) is 7.41. The number of para-hydroxylation sites is 1.